The minimum atomic E-state index is -0.793. The number of hydrogen-bond donors (Lipinski definition) is 1. The Hall–Kier alpha value is -1.54. The summed E-state index contributed by atoms with van der Waals surface area (Å²) < 4.78 is 16.4. The average Bonchev–Trinajstić information content (AvgIpc) is 2.38. The summed E-state index contributed by atoms with van der Waals surface area (Å²) in [7, 11) is 0.788. The first-order chi connectivity index (χ1) is 8.21. The van der Waals surface area contributed by atoms with Gasteiger partial charge in [0.1, 0.15) is 11.8 Å². The zero-order valence-electron chi connectivity index (χ0n) is 10.0. The lowest BCUT2D eigenvalue weighted by atomic mass is 10.2. The lowest BCUT2D eigenvalue weighted by Crippen LogP contribution is -2.12. The minimum absolute atomic E-state index is 0.563. The van der Waals surface area contributed by atoms with Crippen LogP contribution in [0.15, 0.2) is 18.2 Å². The van der Waals surface area contributed by atoms with Crippen LogP contribution >= 0.6 is 0 Å². The van der Waals surface area contributed by atoms with Crippen LogP contribution in [0.4, 0.5) is 5.69 Å². The number of nitrogens with one attached hydrogen (secondary N) is 1. The van der Waals surface area contributed by atoms with E-state index >= 15 is 0 Å². The Morgan fingerprint density at radius 3 is 2.88 bits per heavy atom. The fraction of sp³-hybridized carbons (Fsp3) is 0.417. The van der Waals surface area contributed by atoms with Gasteiger partial charge in [-0.15, -0.1) is 0 Å². The Kier molecular flexibility index (Phi) is 5.50. The first-order valence-corrected chi connectivity index (χ1v) is 6.87. The molecular formula is C12H16N2O2S. The highest BCUT2D eigenvalue weighted by molar-refractivity contribution is 7.84. The lowest BCUT2D eigenvalue weighted by Gasteiger charge is -2.09. The molecule has 1 aromatic rings. The molecule has 17 heavy (non-hydrogen) atoms. The van der Waals surface area contributed by atoms with Crippen molar-refractivity contribution in [3.63, 3.8) is 0 Å². The minimum Gasteiger partial charge on any atom is -0.497 e. The van der Waals surface area contributed by atoms with E-state index in [9.17, 15) is 4.21 Å². The van der Waals surface area contributed by atoms with Crippen molar-refractivity contribution in [3.05, 3.63) is 23.8 Å². The molecule has 92 valence electrons. The van der Waals surface area contributed by atoms with Crippen LogP contribution in [0.2, 0.25) is 0 Å². The number of nitrogens with zero attached hydrogens (tertiary/aromatic N) is 1. The van der Waals surface area contributed by atoms with Gasteiger partial charge in [-0.25, -0.2) is 0 Å². The maximum atomic E-state index is 11.3. The number of methoxy groups -OCH3 is 1. The summed E-state index contributed by atoms with van der Waals surface area (Å²) in [5.41, 5.74) is 1.29. The van der Waals surface area contributed by atoms with Gasteiger partial charge in [0.15, 0.2) is 0 Å². The average molecular weight is 252 g/mol. The molecule has 0 spiro atoms. The van der Waals surface area contributed by atoms with E-state index in [1.165, 1.54) is 0 Å². The Morgan fingerprint density at radius 2 is 2.29 bits per heavy atom. The van der Waals surface area contributed by atoms with Crippen molar-refractivity contribution in [1.82, 2.24) is 0 Å². The summed E-state index contributed by atoms with van der Waals surface area (Å²) in [5, 5.41) is 12.1. The summed E-state index contributed by atoms with van der Waals surface area (Å²) in [4.78, 5) is 0. The Labute approximate surface area is 104 Å². The first-order valence-electron chi connectivity index (χ1n) is 5.38. The smallest absolute Gasteiger partial charge is 0.121 e. The quantitative estimate of drug-likeness (QED) is 0.837. The molecule has 0 heterocycles. The van der Waals surface area contributed by atoms with E-state index in [-0.39, 0.29) is 0 Å². The van der Waals surface area contributed by atoms with E-state index in [0.717, 1.165) is 5.69 Å². The lowest BCUT2D eigenvalue weighted by molar-refractivity contribution is 0.415. The van der Waals surface area contributed by atoms with E-state index in [4.69, 9.17) is 10.00 Å². The predicted octanol–water partition coefficient (Wildman–Crippen LogP) is 1.75. The van der Waals surface area contributed by atoms with Crippen LogP contribution in [0.1, 0.15) is 12.5 Å². The number of anilines is 1. The molecule has 5 heteroatoms. The third kappa shape index (κ3) is 4.08. The van der Waals surface area contributed by atoms with E-state index in [2.05, 4.69) is 11.4 Å². The summed E-state index contributed by atoms with van der Waals surface area (Å²) >= 11 is 0. The Bertz CT molecular complexity index is 441. The molecule has 1 rings (SSSR count). The highest BCUT2D eigenvalue weighted by Gasteiger charge is 2.04. The molecule has 1 aromatic carbocycles. The fourth-order valence-corrected chi connectivity index (χ4v) is 1.96. The second-order valence-electron chi connectivity index (χ2n) is 3.38. The van der Waals surface area contributed by atoms with Gasteiger partial charge in [-0.3, -0.25) is 4.21 Å². The summed E-state index contributed by atoms with van der Waals surface area (Å²) in [6.45, 7) is 2.48. The van der Waals surface area contributed by atoms with Crippen LogP contribution in [0.3, 0.4) is 0 Å². The van der Waals surface area contributed by atoms with Gasteiger partial charge in [0.2, 0.25) is 0 Å². The van der Waals surface area contributed by atoms with Crippen molar-refractivity contribution in [2.24, 2.45) is 0 Å². The zero-order chi connectivity index (χ0) is 12.7. The van der Waals surface area contributed by atoms with Gasteiger partial charge in [-0.2, -0.15) is 5.26 Å². The highest BCUT2D eigenvalue weighted by Crippen LogP contribution is 2.21. The molecule has 0 aliphatic heterocycles. The van der Waals surface area contributed by atoms with Crippen molar-refractivity contribution in [2.45, 2.75) is 6.92 Å². The summed E-state index contributed by atoms with van der Waals surface area (Å²) in [5.74, 6) is 1.94. The van der Waals surface area contributed by atoms with Gasteiger partial charge in [0.05, 0.1) is 18.4 Å². The number of rotatable bonds is 6. The Balaban J connectivity index is 2.68. The van der Waals surface area contributed by atoms with E-state index in [1.54, 1.807) is 25.3 Å². The molecule has 0 aliphatic rings. The maximum absolute atomic E-state index is 11.3. The third-order valence-corrected chi connectivity index (χ3v) is 3.62. The van der Waals surface area contributed by atoms with Gasteiger partial charge in [0.25, 0.3) is 0 Å². The van der Waals surface area contributed by atoms with Gasteiger partial charge >= 0.3 is 0 Å². The molecule has 0 aromatic heterocycles. The largest absolute Gasteiger partial charge is 0.497 e. The fourth-order valence-electron chi connectivity index (χ4n) is 1.34. The van der Waals surface area contributed by atoms with Gasteiger partial charge in [0, 0.05) is 34.9 Å². The van der Waals surface area contributed by atoms with Crippen molar-refractivity contribution in [2.75, 3.05) is 30.5 Å². The SMILES string of the molecule is CCS(=O)CCNc1cc(OC)ccc1C#N. The highest BCUT2D eigenvalue weighted by atomic mass is 32.2. The molecule has 0 saturated carbocycles. The first kappa shape index (κ1) is 13.5. The normalized spacial score (nSPS) is 11.6. The van der Waals surface area contributed by atoms with E-state index < -0.39 is 10.8 Å². The van der Waals surface area contributed by atoms with Gasteiger partial charge in [-0.1, -0.05) is 6.92 Å². The van der Waals surface area contributed by atoms with Crippen molar-refractivity contribution in [3.8, 4) is 11.8 Å². The number of hydrogen-bond acceptors (Lipinski definition) is 4. The van der Waals surface area contributed by atoms with Crippen molar-refractivity contribution < 1.29 is 8.95 Å². The number of nitriles is 1. The van der Waals surface area contributed by atoms with Gasteiger partial charge < -0.3 is 10.1 Å². The molecule has 0 amide bonds. The molecule has 0 radical (unpaired) electrons. The van der Waals surface area contributed by atoms with Crippen LogP contribution < -0.4 is 10.1 Å². The van der Waals surface area contributed by atoms with E-state index in [0.29, 0.717) is 29.4 Å². The van der Waals surface area contributed by atoms with Gasteiger partial charge in [-0.05, 0) is 12.1 Å². The van der Waals surface area contributed by atoms with E-state index in [1.807, 2.05) is 6.92 Å². The second-order valence-corrected chi connectivity index (χ2v) is 5.25. The number of benzene rings is 1. The molecule has 1 atom stereocenters. The summed E-state index contributed by atoms with van der Waals surface area (Å²) in [6.07, 6.45) is 0. The molecule has 0 fully saturated rings. The van der Waals surface area contributed by atoms with Crippen LogP contribution in [-0.4, -0.2) is 29.4 Å². The second kappa shape index (κ2) is 6.92. The number of ether oxygens (including phenoxy) is 1. The Morgan fingerprint density at radius 1 is 1.53 bits per heavy atom. The molecule has 0 bridgehead atoms. The monoisotopic (exact) mass is 252 g/mol. The van der Waals surface area contributed by atoms with Crippen LogP contribution in [0.5, 0.6) is 5.75 Å². The molecule has 0 saturated heterocycles. The van der Waals surface area contributed by atoms with Crippen LogP contribution in [-0.2, 0) is 10.8 Å². The predicted molar refractivity (Wildman–Crippen MR) is 69.7 cm³/mol. The van der Waals surface area contributed by atoms with Crippen molar-refractivity contribution >= 4 is 16.5 Å². The van der Waals surface area contributed by atoms with Crippen molar-refractivity contribution in [1.29, 1.82) is 5.26 Å². The molecular weight excluding hydrogens is 236 g/mol. The topological polar surface area (TPSA) is 62.1 Å². The van der Waals surface area contributed by atoms with Crippen LogP contribution in [0.25, 0.3) is 0 Å². The standard InChI is InChI=1S/C12H16N2O2S/c1-3-17(15)7-6-14-12-8-11(16-2)5-4-10(12)9-13/h4-5,8,14H,3,6-7H2,1-2H3. The molecule has 0 aliphatic carbocycles. The third-order valence-electron chi connectivity index (χ3n) is 2.31. The van der Waals surface area contributed by atoms with Crippen LogP contribution in [0, 0.1) is 11.3 Å². The summed E-state index contributed by atoms with van der Waals surface area (Å²) in [6, 6.07) is 7.33. The molecule has 1 unspecified atom stereocenters. The maximum Gasteiger partial charge on any atom is 0.121 e. The molecule has 4 nitrogen and oxygen atoms in total. The zero-order valence-corrected chi connectivity index (χ0v) is 10.8. The molecule has 1 N–H and O–H groups in total.